The Morgan fingerprint density at radius 2 is 1.71 bits per heavy atom. The number of ether oxygens (including phenoxy) is 1. The summed E-state index contributed by atoms with van der Waals surface area (Å²) in [5.74, 6) is 1.23. The molecule has 21 heavy (non-hydrogen) atoms. The molecule has 1 aromatic carbocycles. The smallest absolute Gasteiger partial charge is 0.240 e. The third kappa shape index (κ3) is 5.65. The Bertz CT molecular complexity index is 524. The van der Waals surface area contributed by atoms with Gasteiger partial charge in [-0.3, -0.25) is 0 Å². The molecule has 0 radical (unpaired) electrons. The minimum absolute atomic E-state index is 0.137. The molecule has 5 nitrogen and oxygen atoms in total. The van der Waals surface area contributed by atoms with Gasteiger partial charge in [-0.15, -0.1) is 0 Å². The van der Waals surface area contributed by atoms with Gasteiger partial charge in [0.2, 0.25) is 10.0 Å². The zero-order chi connectivity index (χ0) is 16.0. The number of nitrogens with two attached hydrogens (primary N) is 1. The summed E-state index contributed by atoms with van der Waals surface area (Å²) in [4.78, 5) is 0.221. The van der Waals surface area contributed by atoms with Gasteiger partial charge in [-0.25, -0.2) is 13.1 Å². The molecule has 1 atom stereocenters. The first kappa shape index (κ1) is 17.9. The lowest BCUT2D eigenvalue weighted by molar-refractivity contribution is 0.271. The lowest BCUT2D eigenvalue weighted by Crippen LogP contribution is -2.43. The van der Waals surface area contributed by atoms with Crippen molar-refractivity contribution in [3.05, 3.63) is 24.3 Å². The molecule has 0 saturated carbocycles. The van der Waals surface area contributed by atoms with Crippen LogP contribution in [0, 0.1) is 11.8 Å². The van der Waals surface area contributed by atoms with E-state index in [0.29, 0.717) is 18.3 Å². The largest absolute Gasteiger partial charge is 0.493 e. The predicted octanol–water partition coefficient (Wildman–Crippen LogP) is 1.98. The van der Waals surface area contributed by atoms with Crippen molar-refractivity contribution in [3.8, 4) is 5.75 Å². The van der Waals surface area contributed by atoms with Crippen LogP contribution < -0.4 is 15.2 Å². The molecule has 0 aliphatic rings. The second kappa shape index (κ2) is 7.77. The standard InChI is InChI=1S/C15H26N2O3S/c1-11(2)10-20-13-5-7-14(8-6-13)21(18,19)17-15(9-16)12(3)4/h5-8,11-12,15,17H,9-10,16H2,1-4H3. The molecule has 0 heterocycles. The monoisotopic (exact) mass is 314 g/mol. The van der Waals surface area contributed by atoms with Gasteiger partial charge >= 0.3 is 0 Å². The number of benzene rings is 1. The number of hydrogen-bond acceptors (Lipinski definition) is 4. The normalized spacial score (nSPS) is 13.7. The lowest BCUT2D eigenvalue weighted by Gasteiger charge is -2.20. The average Bonchev–Trinajstić information content (AvgIpc) is 2.42. The van der Waals surface area contributed by atoms with Crippen molar-refractivity contribution < 1.29 is 13.2 Å². The summed E-state index contributed by atoms with van der Waals surface area (Å²) in [5, 5.41) is 0. The van der Waals surface area contributed by atoms with Gasteiger partial charge in [0.25, 0.3) is 0 Å². The first-order valence-electron chi connectivity index (χ1n) is 7.21. The molecule has 6 heteroatoms. The highest BCUT2D eigenvalue weighted by Crippen LogP contribution is 2.17. The van der Waals surface area contributed by atoms with E-state index < -0.39 is 10.0 Å². The molecular formula is C15H26N2O3S. The van der Waals surface area contributed by atoms with Crippen LogP contribution in [0.3, 0.4) is 0 Å². The van der Waals surface area contributed by atoms with E-state index >= 15 is 0 Å². The van der Waals surface area contributed by atoms with E-state index in [0.717, 1.165) is 0 Å². The number of sulfonamides is 1. The number of nitrogens with one attached hydrogen (secondary N) is 1. The fraction of sp³-hybridized carbons (Fsp3) is 0.600. The van der Waals surface area contributed by atoms with Crippen molar-refractivity contribution >= 4 is 10.0 Å². The summed E-state index contributed by atoms with van der Waals surface area (Å²) in [7, 11) is -3.55. The lowest BCUT2D eigenvalue weighted by atomic mass is 10.1. The number of hydrogen-bond donors (Lipinski definition) is 2. The Labute approximate surface area is 127 Å². The van der Waals surface area contributed by atoms with E-state index in [9.17, 15) is 8.42 Å². The van der Waals surface area contributed by atoms with Crippen molar-refractivity contribution in [1.29, 1.82) is 0 Å². The SMILES string of the molecule is CC(C)COc1ccc(S(=O)(=O)NC(CN)C(C)C)cc1. The second-order valence-corrected chi connectivity index (χ2v) is 7.60. The highest BCUT2D eigenvalue weighted by molar-refractivity contribution is 7.89. The van der Waals surface area contributed by atoms with Gasteiger partial charge in [0.15, 0.2) is 0 Å². The van der Waals surface area contributed by atoms with Crippen LogP contribution in [-0.4, -0.2) is 27.6 Å². The molecule has 0 saturated heterocycles. The molecule has 1 rings (SSSR count). The van der Waals surface area contributed by atoms with Gasteiger partial charge in [0, 0.05) is 12.6 Å². The van der Waals surface area contributed by atoms with Crippen LogP contribution in [0.4, 0.5) is 0 Å². The molecule has 0 aromatic heterocycles. The van der Waals surface area contributed by atoms with Crippen LogP contribution in [0.2, 0.25) is 0 Å². The Balaban J connectivity index is 2.80. The van der Waals surface area contributed by atoms with Crippen LogP contribution in [0.5, 0.6) is 5.75 Å². The van der Waals surface area contributed by atoms with E-state index in [1.807, 2.05) is 13.8 Å². The first-order valence-corrected chi connectivity index (χ1v) is 8.70. The molecule has 0 aliphatic carbocycles. The zero-order valence-electron chi connectivity index (χ0n) is 13.2. The average molecular weight is 314 g/mol. The van der Waals surface area contributed by atoms with Gasteiger partial charge in [0.05, 0.1) is 11.5 Å². The molecule has 120 valence electrons. The Morgan fingerprint density at radius 1 is 1.14 bits per heavy atom. The molecule has 3 N–H and O–H groups in total. The molecule has 1 unspecified atom stereocenters. The minimum atomic E-state index is -3.55. The Kier molecular flexibility index (Phi) is 6.64. The molecule has 0 spiro atoms. The van der Waals surface area contributed by atoms with Crippen molar-refractivity contribution in [2.24, 2.45) is 17.6 Å². The van der Waals surface area contributed by atoms with E-state index in [1.165, 1.54) is 0 Å². The fourth-order valence-electron chi connectivity index (χ4n) is 1.70. The van der Waals surface area contributed by atoms with Gasteiger partial charge in [0.1, 0.15) is 5.75 Å². The van der Waals surface area contributed by atoms with Crippen molar-refractivity contribution in [1.82, 2.24) is 4.72 Å². The van der Waals surface area contributed by atoms with E-state index in [2.05, 4.69) is 18.6 Å². The zero-order valence-corrected chi connectivity index (χ0v) is 14.0. The minimum Gasteiger partial charge on any atom is -0.493 e. The van der Waals surface area contributed by atoms with Gasteiger partial charge in [-0.2, -0.15) is 0 Å². The topological polar surface area (TPSA) is 81.4 Å². The van der Waals surface area contributed by atoms with E-state index in [-0.39, 0.29) is 23.4 Å². The maximum Gasteiger partial charge on any atom is 0.240 e. The number of rotatable bonds is 8. The fourth-order valence-corrected chi connectivity index (χ4v) is 3.10. The summed E-state index contributed by atoms with van der Waals surface area (Å²) >= 11 is 0. The summed E-state index contributed by atoms with van der Waals surface area (Å²) in [6, 6.07) is 6.16. The van der Waals surface area contributed by atoms with E-state index in [1.54, 1.807) is 24.3 Å². The summed E-state index contributed by atoms with van der Waals surface area (Å²) < 4.78 is 32.7. The summed E-state index contributed by atoms with van der Waals surface area (Å²) in [6.07, 6.45) is 0. The van der Waals surface area contributed by atoms with Crippen LogP contribution in [0.25, 0.3) is 0 Å². The van der Waals surface area contributed by atoms with Crippen LogP contribution in [0.15, 0.2) is 29.2 Å². The summed E-state index contributed by atoms with van der Waals surface area (Å²) in [6.45, 7) is 8.86. The first-order chi connectivity index (χ1) is 9.76. The maximum absolute atomic E-state index is 12.3. The maximum atomic E-state index is 12.3. The third-order valence-electron chi connectivity index (χ3n) is 3.08. The molecule has 0 bridgehead atoms. The summed E-state index contributed by atoms with van der Waals surface area (Å²) in [5.41, 5.74) is 5.60. The molecular weight excluding hydrogens is 288 g/mol. The Hall–Kier alpha value is -1.11. The van der Waals surface area contributed by atoms with Gasteiger partial charge in [-0.05, 0) is 36.1 Å². The predicted molar refractivity (Wildman–Crippen MR) is 84.8 cm³/mol. The quantitative estimate of drug-likeness (QED) is 0.769. The van der Waals surface area contributed by atoms with Crippen molar-refractivity contribution in [2.75, 3.05) is 13.2 Å². The molecule has 0 amide bonds. The third-order valence-corrected chi connectivity index (χ3v) is 4.59. The van der Waals surface area contributed by atoms with Crippen LogP contribution >= 0.6 is 0 Å². The second-order valence-electron chi connectivity index (χ2n) is 5.88. The van der Waals surface area contributed by atoms with Crippen molar-refractivity contribution in [3.63, 3.8) is 0 Å². The van der Waals surface area contributed by atoms with E-state index in [4.69, 9.17) is 10.5 Å². The van der Waals surface area contributed by atoms with Gasteiger partial charge < -0.3 is 10.5 Å². The van der Waals surface area contributed by atoms with Gasteiger partial charge in [-0.1, -0.05) is 27.7 Å². The van der Waals surface area contributed by atoms with Crippen LogP contribution in [-0.2, 0) is 10.0 Å². The molecule has 0 fully saturated rings. The highest BCUT2D eigenvalue weighted by Gasteiger charge is 2.21. The highest BCUT2D eigenvalue weighted by atomic mass is 32.2. The molecule has 1 aromatic rings. The molecule has 0 aliphatic heterocycles. The van der Waals surface area contributed by atoms with Crippen molar-refractivity contribution in [2.45, 2.75) is 38.6 Å². The van der Waals surface area contributed by atoms with Crippen LogP contribution in [0.1, 0.15) is 27.7 Å². The Morgan fingerprint density at radius 3 is 2.14 bits per heavy atom.